The SMILES string of the molecule is C=C(CC(=O)CC(C)c1ccc(C)cc1)C(=O)OCC. The zero-order valence-corrected chi connectivity index (χ0v) is 12.4. The second-order valence-electron chi connectivity index (χ2n) is 5.06. The Balaban J connectivity index is 2.51. The predicted octanol–water partition coefficient (Wildman–Crippen LogP) is 3.57. The van der Waals surface area contributed by atoms with Crippen molar-refractivity contribution in [3.8, 4) is 0 Å². The van der Waals surface area contributed by atoms with Crippen molar-refractivity contribution in [2.45, 2.75) is 39.5 Å². The van der Waals surface area contributed by atoms with Crippen molar-refractivity contribution >= 4 is 11.8 Å². The van der Waals surface area contributed by atoms with Crippen molar-refractivity contribution in [3.05, 3.63) is 47.5 Å². The number of esters is 1. The van der Waals surface area contributed by atoms with E-state index in [4.69, 9.17) is 4.74 Å². The van der Waals surface area contributed by atoms with Gasteiger partial charge in [0.15, 0.2) is 0 Å². The molecular weight excluding hydrogens is 252 g/mol. The highest BCUT2D eigenvalue weighted by molar-refractivity contribution is 5.95. The van der Waals surface area contributed by atoms with E-state index in [1.54, 1.807) is 6.92 Å². The molecule has 20 heavy (non-hydrogen) atoms. The Morgan fingerprint density at radius 1 is 1.25 bits per heavy atom. The number of aryl methyl sites for hydroxylation is 1. The smallest absolute Gasteiger partial charge is 0.333 e. The molecule has 1 unspecified atom stereocenters. The quantitative estimate of drug-likeness (QED) is 0.564. The maximum Gasteiger partial charge on any atom is 0.333 e. The predicted molar refractivity (Wildman–Crippen MR) is 79.6 cm³/mol. The van der Waals surface area contributed by atoms with Gasteiger partial charge in [-0.15, -0.1) is 0 Å². The number of hydrogen-bond acceptors (Lipinski definition) is 3. The first-order valence-electron chi connectivity index (χ1n) is 6.87. The Morgan fingerprint density at radius 2 is 1.85 bits per heavy atom. The third kappa shape index (κ3) is 5.00. The van der Waals surface area contributed by atoms with Gasteiger partial charge >= 0.3 is 5.97 Å². The van der Waals surface area contributed by atoms with E-state index in [1.807, 2.05) is 38.1 Å². The van der Waals surface area contributed by atoms with Gasteiger partial charge in [-0.1, -0.05) is 43.3 Å². The first-order chi connectivity index (χ1) is 9.43. The minimum absolute atomic E-state index is 0.0103. The largest absolute Gasteiger partial charge is 0.463 e. The molecule has 0 saturated heterocycles. The molecule has 3 heteroatoms. The second kappa shape index (κ2) is 7.63. The van der Waals surface area contributed by atoms with Crippen LogP contribution in [0.4, 0.5) is 0 Å². The maximum atomic E-state index is 11.9. The van der Waals surface area contributed by atoms with Crippen LogP contribution in [-0.4, -0.2) is 18.4 Å². The van der Waals surface area contributed by atoms with E-state index in [1.165, 1.54) is 5.56 Å². The molecule has 0 aliphatic carbocycles. The van der Waals surface area contributed by atoms with E-state index in [0.717, 1.165) is 5.56 Å². The van der Waals surface area contributed by atoms with Crippen molar-refractivity contribution in [1.82, 2.24) is 0 Å². The number of rotatable bonds is 7. The van der Waals surface area contributed by atoms with Crippen LogP contribution in [0.3, 0.4) is 0 Å². The molecular formula is C17H22O3. The average molecular weight is 274 g/mol. The van der Waals surface area contributed by atoms with Crippen LogP contribution in [0.25, 0.3) is 0 Å². The van der Waals surface area contributed by atoms with Crippen LogP contribution in [-0.2, 0) is 14.3 Å². The summed E-state index contributed by atoms with van der Waals surface area (Å²) in [6.07, 6.45) is 0.469. The third-order valence-electron chi connectivity index (χ3n) is 3.15. The molecule has 1 rings (SSSR count). The molecule has 0 aromatic heterocycles. The van der Waals surface area contributed by atoms with Gasteiger partial charge in [0.05, 0.1) is 6.61 Å². The zero-order chi connectivity index (χ0) is 15.1. The molecule has 0 radical (unpaired) electrons. The first-order valence-corrected chi connectivity index (χ1v) is 6.87. The van der Waals surface area contributed by atoms with Gasteiger partial charge in [0.25, 0.3) is 0 Å². The number of ether oxygens (including phenoxy) is 1. The van der Waals surface area contributed by atoms with E-state index in [2.05, 4.69) is 6.58 Å². The lowest BCUT2D eigenvalue weighted by Gasteiger charge is -2.12. The number of ketones is 1. The van der Waals surface area contributed by atoms with E-state index in [0.29, 0.717) is 13.0 Å². The molecule has 0 spiro atoms. The fourth-order valence-corrected chi connectivity index (χ4v) is 1.97. The fraction of sp³-hybridized carbons (Fsp3) is 0.412. The molecule has 0 aliphatic heterocycles. The summed E-state index contributed by atoms with van der Waals surface area (Å²) in [4.78, 5) is 23.3. The highest BCUT2D eigenvalue weighted by atomic mass is 16.5. The number of benzene rings is 1. The lowest BCUT2D eigenvalue weighted by atomic mass is 9.93. The summed E-state index contributed by atoms with van der Waals surface area (Å²) >= 11 is 0. The zero-order valence-electron chi connectivity index (χ0n) is 12.4. The monoisotopic (exact) mass is 274 g/mol. The Labute approximate surface area is 120 Å². The summed E-state index contributed by atoms with van der Waals surface area (Å²) in [6, 6.07) is 8.14. The van der Waals surface area contributed by atoms with E-state index >= 15 is 0 Å². The van der Waals surface area contributed by atoms with Crippen molar-refractivity contribution < 1.29 is 14.3 Å². The lowest BCUT2D eigenvalue weighted by molar-refractivity contribution is -0.139. The van der Waals surface area contributed by atoms with E-state index in [-0.39, 0.29) is 23.7 Å². The summed E-state index contributed by atoms with van der Waals surface area (Å²) in [5.74, 6) is -0.335. The summed E-state index contributed by atoms with van der Waals surface area (Å²) < 4.78 is 4.82. The minimum Gasteiger partial charge on any atom is -0.463 e. The first kappa shape index (κ1) is 16.2. The normalized spacial score (nSPS) is 11.8. The van der Waals surface area contributed by atoms with Gasteiger partial charge in [-0.3, -0.25) is 4.79 Å². The van der Waals surface area contributed by atoms with Gasteiger partial charge in [0.2, 0.25) is 0 Å². The van der Waals surface area contributed by atoms with Gasteiger partial charge in [-0.25, -0.2) is 4.79 Å². The van der Waals surface area contributed by atoms with Crippen LogP contribution < -0.4 is 0 Å². The van der Waals surface area contributed by atoms with E-state index < -0.39 is 5.97 Å². The van der Waals surface area contributed by atoms with Gasteiger partial charge in [0.1, 0.15) is 5.78 Å². The van der Waals surface area contributed by atoms with Gasteiger partial charge in [0, 0.05) is 18.4 Å². The highest BCUT2D eigenvalue weighted by Crippen LogP contribution is 2.21. The van der Waals surface area contributed by atoms with Crippen LogP contribution >= 0.6 is 0 Å². The summed E-state index contributed by atoms with van der Waals surface area (Å²) in [5, 5.41) is 0. The molecule has 0 aliphatic rings. The van der Waals surface area contributed by atoms with Crippen molar-refractivity contribution in [1.29, 1.82) is 0 Å². The van der Waals surface area contributed by atoms with Crippen molar-refractivity contribution in [2.24, 2.45) is 0 Å². The van der Waals surface area contributed by atoms with Crippen LogP contribution in [0.2, 0.25) is 0 Å². The molecule has 0 bridgehead atoms. The number of carbonyl (C=O) groups is 2. The summed E-state index contributed by atoms with van der Waals surface area (Å²) in [7, 11) is 0. The van der Waals surface area contributed by atoms with E-state index in [9.17, 15) is 9.59 Å². The maximum absolute atomic E-state index is 11.9. The van der Waals surface area contributed by atoms with Crippen LogP contribution in [0.1, 0.15) is 43.7 Å². The number of carbonyl (C=O) groups excluding carboxylic acids is 2. The topological polar surface area (TPSA) is 43.4 Å². The molecule has 1 atom stereocenters. The Hall–Kier alpha value is -1.90. The Kier molecular flexibility index (Phi) is 6.16. The standard InChI is InChI=1S/C17H22O3/c1-5-20-17(19)14(4)11-16(18)10-13(3)15-8-6-12(2)7-9-15/h6-9,13H,4-5,10-11H2,1-3H3. The molecule has 0 saturated carbocycles. The molecule has 0 fully saturated rings. The Morgan fingerprint density at radius 3 is 2.40 bits per heavy atom. The van der Waals surface area contributed by atoms with Crippen LogP contribution in [0.15, 0.2) is 36.4 Å². The van der Waals surface area contributed by atoms with Crippen LogP contribution in [0.5, 0.6) is 0 Å². The van der Waals surface area contributed by atoms with Gasteiger partial charge in [-0.2, -0.15) is 0 Å². The fourth-order valence-electron chi connectivity index (χ4n) is 1.97. The number of Topliss-reactive ketones (excluding diaryl/α,β-unsaturated/α-hetero) is 1. The summed E-state index contributed by atoms with van der Waals surface area (Å²) in [5.41, 5.74) is 2.56. The lowest BCUT2D eigenvalue weighted by Crippen LogP contribution is -2.12. The molecule has 0 N–H and O–H groups in total. The molecule has 108 valence electrons. The highest BCUT2D eigenvalue weighted by Gasteiger charge is 2.16. The van der Waals surface area contributed by atoms with Crippen molar-refractivity contribution in [2.75, 3.05) is 6.61 Å². The van der Waals surface area contributed by atoms with Gasteiger partial charge in [-0.05, 0) is 25.3 Å². The molecule has 3 nitrogen and oxygen atoms in total. The average Bonchev–Trinajstić information content (AvgIpc) is 2.39. The van der Waals surface area contributed by atoms with Crippen molar-refractivity contribution in [3.63, 3.8) is 0 Å². The third-order valence-corrected chi connectivity index (χ3v) is 3.15. The molecule has 0 heterocycles. The Bertz CT molecular complexity index is 485. The summed E-state index contributed by atoms with van der Waals surface area (Å²) in [6.45, 7) is 9.68. The molecule has 1 aromatic carbocycles. The molecule has 1 aromatic rings. The van der Waals surface area contributed by atoms with Gasteiger partial charge < -0.3 is 4.74 Å². The minimum atomic E-state index is -0.483. The van der Waals surface area contributed by atoms with Crippen LogP contribution in [0, 0.1) is 6.92 Å². The second-order valence-corrected chi connectivity index (χ2v) is 5.06. The number of hydrogen-bond donors (Lipinski definition) is 0. The molecule has 0 amide bonds.